The maximum absolute atomic E-state index is 11.9. The highest BCUT2D eigenvalue weighted by atomic mass is 16.5. The molecule has 0 saturated heterocycles. The van der Waals surface area contributed by atoms with Gasteiger partial charge in [-0.15, -0.1) is 10.2 Å². The van der Waals surface area contributed by atoms with E-state index in [9.17, 15) is 4.79 Å². The van der Waals surface area contributed by atoms with E-state index >= 15 is 0 Å². The lowest BCUT2D eigenvalue weighted by Gasteiger charge is -2.04. The number of carbonyl (C=O) groups excluding carboxylic acids is 1. The van der Waals surface area contributed by atoms with Crippen LogP contribution in [0, 0.1) is 0 Å². The van der Waals surface area contributed by atoms with Crippen molar-refractivity contribution in [3.63, 3.8) is 0 Å². The van der Waals surface area contributed by atoms with Crippen LogP contribution >= 0.6 is 0 Å². The first-order chi connectivity index (χ1) is 11.8. The standard InChI is InChI=1S/C18H17N3O3/c1-23-15-10-6-5-9-14(15)18-21-20-17(24-18)12-19-16(22)11-13-7-3-2-4-8-13/h2-10H,11-12H2,1H3,(H,19,22). The van der Waals surface area contributed by atoms with Gasteiger partial charge < -0.3 is 14.5 Å². The Kier molecular flexibility index (Phi) is 4.86. The van der Waals surface area contributed by atoms with Crippen LogP contribution in [0.15, 0.2) is 59.0 Å². The zero-order chi connectivity index (χ0) is 16.8. The van der Waals surface area contributed by atoms with Crippen LogP contribution in [-0.2, 0) is 17.8 Å². The molecule has 2 aromatic carbocycles. The van der Waals surface area contributed by atoms with Gasteiger partial charge in [0.1, 0.15) is 5.75 Å². The zero-order valence-corrected chi connectivity index (χ0v) is 13.2. The minimum Gasteiger partial charge on any atom is -0.496 e. The van der Waals surface area contributed by atoms with E-state index in [4.69, 9.17) is 9.15 Å². The van der Waals surface area contributed by atoms with Gasteiger partial charge in [0.15, 0.2) is 0 Å². The Bertz CT molecular complexity index is 815. The average Bonchev–Trinajstić information content (AvgIpc) is 3.09. The maximum atomic E-state index is 11.9. The van der Waals surface area contributed by atoms with Crippen molar-refractivity contribution in [2.75, 3.05) is 7.11 Å². The van der Waals surface area contributed by atoms with E-state index in [1.807, 2.05) is 54.6 Å². The molecule has 0 atom stereocenters. The molecule has 24 heavy (non-hydrogen) atoms. The van der Waals surface area contributed by atoms with Crippen LogP contribution in [0.4, 0.5) is 0 Å². The maximum Gasteiger partial charge on any atom is 0.251 e. The fraction of sp³-hybridized carbons (Fsp3) is 0.167. The molecule has 1 heterocycles. The van der Waals surface area contributed by atoms with Crippen LogP contribution in [-0.4, -0.2) is 23.2 Å². The number of hydrogen-bond donors (Lipinski definition) is 1. The number of aromatic nitrogens is 2. The van der Waals surface area contributed by atoms with Crippen molar-refractivity contribution < 1.29 is 13.9 Å². The van der Waals surface area contributed by atoms with Gasteiger partial charge in [0.05, 0.1) is 25.6 Å². The molecule has 0 fully saturated rings. The number of carbonyl (C=O) groups is 1. The van der Waals surface area contributed by atoms with Crippen LogP contribution in [0.1, 0.15) is 11.5 Å². The summed E-state index contributed by atoms with van der Waals surface area (Å²) in [4.78, 5) is 11.9. The topological polar surface area (TPSA) is 77.3 Å². The van der Waals surface area contributed by atoms with E-state index in [1.165, 1.54) is 0 Å². The van der Waals surface area contributed by atoms with Crippen molar-refractivity contribution in [2.24, 2.45) is 0 Å². The van der Waals surface area contributed by atoms with Crippen LogP contribution in [0.3, 0.4) is 0 Å². The van der Waals surface area contributed by atoms with E-state index in [-0.39, 0.29) is 12.5 Å². The van der Waals surface area contributed by atoms with Gasteiger partial charge in [0.2, 0.25) is 11.8 Å². The minimum atomic E-state index is -0.0989. The van der Waals surface area contributed by atoms with Gasteiger partial charge in [-0.05, 0) is 17.7 Å². The lowest BCUT2D eigenvalue weighted by molar-refractivity contribution is -0.120. The molecule has 3 rings (SSSR count). The molecule has 6 nitrogen and oxygen atoms in total. The molecule has 0 saturated carbocycles. The Balaban J connectivity index is 1.61. The summed E-state index contributed by atoms with van der Waals surface area (Å²) in [5, 5.41) is 10.7. The third-order valence-corrected chi connectivity index (χ3v) is 3.45. The molecule has 0 unspecified atom stereocenters. The molecule has 1 amide bonds. The summed E-state index contributed by atoms with van der Waals surface area (Å²) < 4.78 is 10.9. The lowest BCUT2D eigenvalue weighted by Crippen LogP contribution is -2.24. The second-order valence-electron chi connectivity index (χ2n) is 5.14. The number of nitrogens with zero attached hydrogens (tertiary/aromatic N) is 2. The molecular formula is C18H17N3O3. The predicted octanol–water partition coefficient (Wildman–Crippen LogP) is 2.60. The van der Waals surface area contributed by atoms with E-state index < -0.39 is 0 Å². The Hall–Kier alpha value is -3.15. The number of rotatable bonds is 6. The molecule has 0 bridgehead atoms. The lowest BCUT2D eigenvalue weighted by atomic mass is 10.1. The highest BCUT2D eigenvalue weighted by Crippen LogP contribution is 2.28. The molecule has 0 spiro atoms. The molecule has 0 radical (unpaired) electrons. The molecule has 0 aliphatic heterocycles. The molecule has 0 aliphatic rings. The minimum absolute atomic E-state index is 0.0989. The number of nitrogens with one attached hydrogen (secondary N) is 1. The van der Waals surface area contributed by atoms with Gasteiger partial charge >= 0.3 is 0 Å². The van der Waals surface area contributed by atoms with Gasteiger partial charge in [-0.25, -0.2) is 0 Å². The summed E-state index contributed by atoms with van der Waals surface area (Å²) in [5.74, 6) is 1.26. The molecule has 1 aromatic heterocycles. The molecule has 0 aliphatic carbocycles. The summed E-state index contributed by atoms with van der Waals surface area (Å²) in [5.41, 5.74) is 1.67. The molecular weight excluding hydrogens is 306 g/mol. The van der Waals surface area contributed by atoms with Gasteiger partial charge in [-0.2, -0.15) is 0 Å². The molecule has 6 heteroatoms. The second kappa shape index (κ2) is 7.41. The number of benzene rings is 2. The third kappa shape index (κ3) is 3.78. The summed E-state index contributed by atoms with van der Waals surface area (Å²) in [6.45, 7) is 0.188. The van der Waals surface area contributed by atoms with Crippen molar-refractivity contribution in [2.45, 2.75) is 13.0 Å². The Labute approximate surface area is 139 Å². The van der Waals surface area contributed by atoms with Crippen LogP contribution in [0.2, 0.25) is 0 Å². The first kappa shape index (κ1) is 15.7. The Morgan fingerprint density at radius 1 is 1.08 bits per heavy atom. The van der Waals surface area contributed by atoms with E-state index in [1.54, 1.807) is 7.11 Å². The number of hydrogen-bond acceptors (Lipinski definition) is 5. The average molecular weight is 323 g/mol. The number of para-hydroxylation sites is 1. The SMILES string of the molecule is COc1ccccc1-c1nnc(CNC(=O)Cc2ccccc2)o1. The van der Waals surface area contributed by atoms with E-state index in [2.05, 4.69) is 15.5 Å². The first-order valence-corrected chi connectivity index (χ1v) is 7.52. The normalized spacial score (nSPS) is 10.4. The fourth-order valence-corrected chi connectivity index (χ4v) is 2.27. The van der Waals surface area contributed by atoms with Crippen molar-refractivity contribution in [3.05, 3.63) is 66.1 Å². The smallest absolute Gasteiger partial charge is 0.251 e. The largest absolute Gasteiger partial charge is 0.496 e. The van der Waals surface area contributed by atoms with E-state index in [0.717, 1.165) is 11.1 Å². The van der Waals surface area contributed by atoms with Gasteiger partial charge in [0.25, 0.3) is 5.89 Å². The highest BCUT2D eigenvalue weighted by molar-refractivity contribution is 5.78. The number of amides is 1. The van der Waals surface area contributed by atoms with Crippen molar-refractivity contribution >= 4 is 5.91 Å². The van der Waals surface area contributed by atoms with Crippen molar-refractivity contribution in [1.82, 2.24) is 15.5 Å². The van der Waals surface area contributed by atoms with Crippen molar-refractivity contribution in [1.29, 1.82) is 0 Å². The number of ether oxygens (including phenoxy) is 1. The predicted molar refractivity (Wildman–Crippen MR) is 88.3 cm³/mol. The summed E-state index contributed by atoms with van der Waals surface area (Å²) in [7, 11) is 1.58. The Morgan fingerprint density at radius 2 is 1.83 bits per heavy atom. The summed E-state index contributed by atoms with van der Waals surface area (Å²) in [6.07, 6.45) is 0.314. The number of methoxy groups -OCH3 is 1. The fourth-order valence-electron chi connectivity index (χ4n) is 2.27. The molecule has 122 valence electrons. The van der Waals surface area contributed by atoms with E-state index in [0.29, 0.717) is 24.0 Å². The van der Waals surface area contributed by atoms with Crippen LogP contribution in [0.5, 0.6) is 5.75 Å². The third-order valence-electron chi connectivity index (χ3n) is 3.45. The van der Waals surface area contributed by atoms with Gasteiger partial charge in [0, 0.05) is 0 Å². The first-order valence-electron chi connectivity index (χ1n) is 7.52. The highest BCUT2D eigenvalue weighted by Gasteiger charge is 2.13. The monoisotopic (exact) mass is 323 g/mol. The van der Waals surface area contributed by atoms with Gasteiger partial charge in [-0.1, -0.05) is 42.5 Å². The van der Waals surface area contributed by atoms with Crippen LogP contribution < -0.4 is 10.1 Å². The molecule has 1 N–H and O–H groups in total. The van der Waals surface area contributed by atoms with Crippen LogP contribution in [0.25, 0.3) is 11.5 Å². The zero-order valence-electron chi connectivity index (χ0n) is 13.2. The van der Waals surface area contributed by atoms with Gasteiger partial charge in [-0.3, -0.25) is 4.79 Å². The summed E-state index contributed by atoms with van der Waals surface area (Å²) >= 11 is 0. The molecule has 3 aromatic rings. The van der Waals surface area contributed by atoms with Crippen molar-refractivity contribution in [3.8, 4) is 17.2 Å². The Morgan fingerprint density at radius 3 is 2.62 bits per heavy atom. The second-order valence-corrected chi connectivity index (χ2v) is 5.14. The summed E-state index contributed by atoms with van der Waals surface area (Å²) in [6, 6.07) is 16.9. The quantitative estimate of drug-likeness (QED) is 0.754.